The van der Waals surface area contributed by atoms with Gasteiger partial charge < -0.3 is 15.8 Å². The number of piperidine rings is 1. The lowest BCUT2D eigenvalue weighted by atomic mass is 9.96. The molecule has 8 heteroatoms. The quantitative estimate of drug-likeness (QED) is 0.747. The van der Waals surface area contributed by atoms with Gasteiger partial charge in [0, 0.05) is 5.69 Å². The van der Waals surface area contributed by atoms with Crippen molar-refractivity contribution in [2.45, 2.75) is 32.7 Å². The summed E-state index contributed by atoms with van der Waals surface area (Å²) in [6, 6.07) is 9.66. The fourth-order valence-corrected chi connectivity index (χ4v) is 3.25. The molecule has 3 rings (SSSR count). The molecule has 3 N–H and O–H groups in total. The fraction of sp³-hybridized carbons (Fsp3) is 0.474. The minimum Gasteiger partial charge on any atom is -0.466 e. The van der Waals surface area contributed by atoms with E-state index in [0.29, 0.717) is 18.4 Å². The van der Waals surface area contributed by atoms with Crippen LogP contribution in [0.3, 0.4) is 0 Å². The molecule has 0 amide bonds. The van der Waals surface area contributed by atoms with Crippen LogP contribution in [-0.2, 0) is 9.53 Å². The molecule has 1 aromatic heterocycles. The van der Waals surface area contributed by atoms with E-state index in [1.54, 1.807) is 0 Å². The molecule has 0 radical (unpaired) electrons. The summed E-state index contributed by atoms with van der Waals surface area (Å²) < 4.78 is 5.13. The number of para-hydroxylation sites is 1. The Kier molecular flexibility index (Phi) is 6.18. The van der Waals surface area contributed by atoms with Gasteiger partial charge in [-0.1, -0.05) is 18.2 Å². The number of benzene rings is 1. The molecule has 0 bridgehead atoms. The lowest BCUT2D eigenvalue weighted by Crippen LogP contribution is -2.39. The SMILES string of the molecule is CCOC(=O)C1CCN([C@H](C)c2nc(N)nc(Nc3ccccc3)n2)CC1. The normalized spacial score (nSPS) is 16.7. The maximum atomic E-state index is 11.9. The van der Waals surface area contributed by atoms with E-state index in [1.165, 1.54) is 0 Å². The van der Waals surface area contributed by atoms with Crippen LogP contribution in [-0.4, -0.2) is 45.5 Å². The third kappa shape index (κ3) is 4.91. The van der Waals surface area contributed by atoms with Crippen LogP contribution in [0.2, 0.25) is 0 Å². The first-order valence-corrected chi connectivity index (χ1v) is 9.31. The molecule has 1 fully saturated rings. The Morgan fingerprint density at radius 2 is 1.96 bits per heavy atom. The first-order chi connectivity index (χ1) is 13.1. The van der Waals surface area contributed by atoms with E-state index >= 15 is 0 Å². The maximum absolute atomic E-state index is 11.9. The number of carbonyl (C=O) groups excluding carboxylic acids is 1. The van der Waals surface area contributed by atoms with Gasteiger partial charge in [0.15, 0.2) is 5.82 Å². The maximum Gasteiger partial charge on any atom is 0.309 e. The molecule has 0 spiro atoms. The summed E-state index contributed by atoms with van der Waals surface area (Å²) in [5, 5.41) is 3.16. The lowest BCUT2D eigenvalue weighted by Gasteiger charge is -2.34. The van der Waals surface area contributed by atoms with Crippen LogP contribution in [0.15, 0.2) is 30.3 Å². The summed E-state index contributed by atoms with van der Waals surface area (Å²) in [5.41, 5.74) is 6.78. The van der Waals surface area contributed by atoms with Crippen LogP contribution >= 0.6 is 0 Å². The van der Waals surface area contributed by atoms with E-state index in [-0.39, 0.29) is 23.9 Å². The van der Waals surface area contributed by atoms with Gasteiger partial charge in [-0.2, -0.15) is 15.0 Å². The standard InChI is InChI=1S/C19H26N6O2/c1-3-27-17(26)14-9-11-25(12-10-14)13(2)16-22-18(20)24-19(23-16)21-15-7-5-4-6-8-15/h4-8,13-14H,3,9-12H2,1-2H3,(H3,20,21,22,23,24)/t13-/m1/s1. The van der Waals surface area contributed by atoms with Crippen LogP contribution in [0.5, 0.6) is 0 Å². The Bertz CT molecular complexity index is 762. The largest absolute Gasteiger partial charge is 0.466 e. The van der Waals surface area contributed by atoms with Crippen molar-refractivity contribution >= 4 is 23.6 Å². The van der Waals surface area contributed by atoms with Crippen molar-refractivity contribution in [1.29, 1.82) is 0 Å². The van der Waals surface area contributed by atoms with Crippen molar-refractivity contribution in [3.63, 3.8) is 0 Å². The van der Waals surface area contributed by atoms with Crippen LogP contribution in [0.1, 0.15) is 38.6 Å². The number of hydrogen-bond acceptors (Lipinski definition) is 8. The summed E-state index contributed by atoms with van der Waals surface area (Å²) >= 11 is 0. The van der Waals surface area contributed by atoms with Crippen molar-refractivity contribution in [2.75, 3.05) is 30.7 Å². The predicted octanol–water partition coefficient (Wildman–Crippen LogP) is 2.53. The van der Waals surface area contributed by atoms with Gasteiger partial charge in [-0.15, -0.1) is 0 Å². The summed E-state index contributed by atoms with van der Waals surface area (Å²) in [6.45, 7) is 5.89. The molecular weight excluding hydrogens is 344 g/mol. The second-order valence-electron chi connectivity index (χ2n) is 6.60. The molecule has 1 aromatic carbocycles. The lowest BCUT2D eigenvalue weighted by molar-refractivity contribution is -0.149. The number of nitrogens with two attached hydrogens (primary N) is 1. The smallest absolute Gasteiger partial charge is 0.309 e. The monoisotopic (exact) mass is 370 g/mol. The first-order valence-electron chi connectivity index (χ1n) is 9.31. The zero-order valence-corrected chi connectivity index (χ0v) is 15.8. The average molecular weight is 370 g/mol. The van der Waals surface area contributed by atoms with Gasteiger partial charge in [-0.05, 0) is 51.9 Å². The number of rotatable bonds is 6. The summed E-state index contributed by atoms with van der Waals surface area (Å²) in [5.74, 6) is 1.12. The van der Waals surface area contributed by atoms with E-state index in [1.807, 2.05) is 44.2 Å². The highest BCUT2D eigenvalue weighted by Gasteiger charge is 2.29. The Morgan fingerprint density at radius 3 is 2.63 bits per heavy atom. The van der Waals surface area contributed by atoms with Crippen LogP contribution in [0, 0.1) is 5.92 Å². The summed E-state index contributed by atoms with van der Waals surface area (Å²) in [7, 11) is 0. The molecule has 1 aliphatic heterocycles. The number of anilines is 3. The summed E-state index contributed by atoms with van der Waals surface area (Å²) in [4.78, 5) is 27.2. The van der Waals surface area contributed by atoms with Crippen LogP contribution in [0.25, 0.3) is 0 Å². The van der Waals surface area contributed by atoms with E-state index in [9.17, 15) is 4.79 Å². The molecule has 144 valence electrons. The average Bonchev–Trinajstić information content (AvgIpc) is 2.68. The number of nitrogens with one attached hydrogen (secondary N) is 1. The van der Waals surface area contributed by atoms with E-state index in [4.69, 9.17) is 10.5 Å². The molecule has 1 saturated heterocycles. The molecule has 27 heavy (non-hydrogen) atoms. The van der Waals surface area contributed by atoms with Crippen LogP contribution in [0.4, 0.5) is 17.6 Å². The number of nitrogens with zero attached hydrogens (tertiary/aromatic N) is 4. The Labute approximate surface area is 159 Å². The highest BCUT2D eigenvalue weighted by molar-refractivity contribution is 5.72. The molecule has 0 unspecified atom stereocenters. The van der Waals surface area contributed by atoms with Gasteiger partial charge in [-0.25, -0.2) is 0 Å². The van der Waals surface area contributed by atoms with Crippen LogP contribution < -0.4 is 11.1 Å². The number of esters is 1. The highest BCUT2D eigenvalue weighted by Crippen LogP contribution is 2.26. The molecule has 1 atom stereocenters. The van der Waals surface area contributed by atoms with Gasteiger partial charge in [0.05, 0.1) is 18.6 Å². The first kappa shape index (κ1) is 19.0. The molecule has 2 aromatic rings. The zero-order chi connectivity index (χ0) is 19.2. The number of aromatic nitrogens is 3. The second kappa shape index (κ2) is 8.77. The Morgan fingerprint density at radius 1 is 1.26 bits per heavy atom. The Hall–Kier alpha value is -2.74. The van der Waals surface area contributed by atoms with Gasteiger partial charge in [-0.3, -0.25) is 9.69 Å². The number of hydrogen-bond donors (Lipinski definition) is 2. The van der Waals surface area contributed by atoms with Gasteiger partial charge in [0.1, 0.15) is 0 Å². The predicted molar refractivity (Wildman–Crippen MR) is 103 cm³/mol. The number of nitrogen functional groups attached to an aromatic ring is 1. The number of carbonyl (C=O) groups is 1. The minimum atomic E-state index is -0.0939. The molecule has 1 aliphatic rings. The van der Waals surface area contributed by atoms with Gasteiger partial charge >= 0.3 is 5.97 Å². The molecule has 2 heterocycles. The highest BCUT2D eigenvalue weighted by atomic mass is 16.5. The number of likely N-dealkylation sites (tertiary alicyclic amines) is 1. The van der Waals surface area contributed by atoms with Gasteiger partial charge in [0.2, 0.25) is 11.9 Å². The van der Waals surface area contributed by atoms with E-state index in [2.05, 4.69) is 25.2 Å². The van der Waals surface area contributed by atoms with Gasteiger partial charge in [0.25, 0.3) is 0 Å². The second-order valence-corrected chi connectivity index (χ2v) is 6.60. The van der Waals surface area contributed by atoms with Crippen molar-refractivity contribution in [3.05, 3.63) is 36.2 Å². The Balaban J connectivity index is 1.66. The number of ether oxygens (including phenoxy) is 1. The van der Waals surface area contributed by atoms with Crippen molar-refractivity contribution in [3.8, 4) is 0 Å². The third-order valence-corrected chi connectivity index (χ3v) is 4.77. The fourth-order valence-electron chi connectivity index (χ4n) is 3.25. The van der Waals surface area contributed by atoms with E-state index in [0.717, 1.165) is 31.6 Å². The third-order valence-electron chi connectivity index (χ3n) is 4.77. The van der Waals surface area contributed by atoms with Crippen molar-refractivity contribution in [1.82, 2.24) is 19.9 Å². The molecular formula is C19H26N6O2. The topological polar surface area (TPSA) is 106 Å². The molecule has 0 aliphatic carbocycles. The van der Waals surface area contributed by atoms with Crippen molar-refractivity contribution in [2.24, 2.45) is 5.92 Å². The summed E-state index contributed by atoms with van der Waals surface area (Å²) in [6.07, 6.45) is 1.55. The molecule has 8 nitrogen and oxygen atoms in total. The molecule has 0 saturated carbocycles. The van der Waals surface area contributed by atoms with E-state index < -0.39 is 0 Å². The van der Waals surface area contributed by atoms with Crippen molar-refractivity contribution < 1.29 is 9.53 Å². The zero-order valence-electron chi connectivity index (χ0n) is 15.8. The minimum absolute atomic E-state index is 0.0187.